The molecular formula is C18H15F4NO4. The maximum absolute atomic E-state index is 13.5. The minimum absolute atomic E-state index is 0.0496. The van der Waals surface area contributed by atoms with Crippen LogP contribution in [0.3, 0.4) is 0 Å². The monoisotopic (exact) mass is 385 g/mol. The molecule has 9 heteroatoms. The number of anilines is 1. The summed E-state index contributed by atoms with van der Waals surface area (Å²) < 4.78 is 58.5. The van der Waals surface area contributed by atoms with Crippen LogP contribution >= 0.6 is 0 Å². The maximum Gasteiger partial charge on any atom is 0.573 e. The van der Waals surface area contributed by atoms with Crippen LogP contribution < -0.4 is 10.1 Å². The number of carbonyl (C=O) groups is 2. The molecule has 0 aromatic heterocycles. The zero-order chi connectivity index (χ0) is 20.2. The van der Waals surface area contributed by atoms with Gasteiger partial charge in [-0.2, -0.15) is 0 Å². The molecule has 0 aliphatic carbocycles. The first-order valence-corrected chi connectivity index (χ1v) is 7.69. The van der Waals surface area contributed by atoms with Crippen LogP contribution in [0.1, 0.15) is 22.8 Å². The smallest absolute Gasteiger partial charge is 0.449 e. The van der Waals surface area contributed by atoms with Gasteiger partial charge in [-0.15, -0.1) is 13.2 Å². The fraction of sp³-hybridized carbons (Fsp3) is 0.222. The van der Waals surface area contributed by atoms with Crippen LogP contribution in [0.25, 0.3) is 0 Å². The highest BCUT2D eigenvalue weighted by molar-refractivity contribution is 5.97. The molecule has 1 atom stereocenters. The molecule has 0 saturated carbocycles. The van der Waals surface area contributed by atoms with Crippen molar-refractivity contribution in [3.8, 4) is 5.75 Å². The predicted octanol–water partition coefficient (Wildman–Crippen LogP) is 4.22. The molecular weight excluding hydrogens is 370 g/mol. The van der Waals surface area contributed by atoms with Gasteiger partial charge in [-0.05, 0) is 55.8 Å². The molecule has 0 bridgehead atoms. The Hall–Kier alpha value is -3.10. The average molecular weight is 385 g/mol. The number of hydrogen-bond donors (Lipinski definition) is 1. The first kappa shape index (κ1) is 20.2. The van der Waals surface area contributed by atoms with Crippen molar-refractivity contribution >= 4 is 17.6 Å². The number of carbonyl (C=O) groups excluding carboxylic acids is 2. The van der Waals surface area contributed by atoms with Crippen molar-refractivity contribution in [3.05, 3.63) is 59.4 Å². The van der Waals surface area contributed by atoms with Gasteiger partial charge in [0.15, 0.2) is 6.10 Å². The van der Waals surface area contributed by atoms with Crippen molar-refractivity contribution < 1.29 is 36.6 Å². The van der Waals surface area contributed by atoms with Crippen LogP contribution in [0, 0.1) is 12.7 Å². The second-order valence-electron chi connectivity index (χ2n) is 5.57. The lowest BCUT2D eigenvalue weighted by Gasteiger charge is -2.14. The molecule has 0 heterocycles. The van der Waals surface area contributed by atoms with Gasteiger partial charge in [-0.1, -0.05) is 6.07 Å². The number of halogens is 4. The van der Waals surface area contributed by atoms with Gasteiger partial charge in [0.05, 0.1) is 5.56 Å². The van der Waals surface area contributed by atoms with E-state index in [0.717, 1.165) is 18.2 Å². The number of esters is 1. The van der Waals surface area contributed by atoms with Gasteiger partial charge in [0.25, 0.3) is 5.91 Å². The van der Waals surface area contributed by atoms with E-state index < -0.39 is 35.9 Å². The molecule has 0 saturated heterocycles. The molecule has 0 unspecified atom stereocenters. The second kappa shape index (κ2) is 8.07. The summed E-state index contributed by atoms with van der Waals surface area (Å²) in [5.41, 5.74) is 0.487. The zero-order valence-corrected chi connectivity index (χ0v) is 14.3. The molecule has 0 aliphatic rings. The third-order valence-electron chi connectivity index (χ3n) is 3.42. The summed E-state index contributed by atoms with van der Waals surface area (Å²) in [5.74, 6) is -2.62. The van der Waals surface area contributed by atoms with Crippen LogP contribution in [-0.2, 0) is 9.53 Å². The number of ether oxygens (including phenoxy) is 2. The summed E-state index contributed by atoms with van der Waals surface area (Å²) in [6, 6.07) is 8.21. The van der Waals surface area contributed by atoms with E-state index in [1.54, 1.807) is 0 Å². The molecule has 0 spiro atoms. The fourth-order valence-corrected chi connectivity index (χ4v) is 1.99. The predicted molar refractivity (Wildman–Crippen MR) is 87.8 cm³/mol. The van der Waals surface area contributed by atoms with Crippen molar-refractivity contribution in [2.75, 3.05) is 5.32 Å². The lowest BCUT2D eigenvalue weighted by Crippen LogP contribution is -2.30. The third kappa shape index (κ3) is 5.98. The standard InChI is InChI=1S/C18H15F4NO4/c1-10-3-4-12(9-15(10)19)17(25)26-11(2)16(24)23-13-5-7-14(8-6-13)27-18(20,21)22/h3-9,11H,1-2H3,(H,23,24)/t11-/m1/s1. The van der Waals surface area contributed by atoms with Crippen LogP contribution in [-0.4, -0.2) is 24.3 Å². The highest BCUT2D eigenvalue weighted by Crippen LogP contribution is 2.24. The summed E-state index contributed by atoms with van der Waals surface area (Å²) >= 11 is 0. The van der Waals surface area contributed by atoms with E-state index in [4.69, 9.17) is 4.74 Å². The van der Waals surface area contributed by atoms with Gasteiger partial charge in [-0.25, -0.2) is 9.18 Å². The van der Waals surface area contributed by atoms with E-state index in [1.165, 1.54) is 38.1 Å². The van der Waals surface area contributed by atoms with Crippen molar-refractivity contribution in [2.24, 2.45) is 0 Å². The van der Waals surface area contributed by atoms with E-state index >= 15 is 0 Å². The molecule has 1 N–H and O–H groups in total. The summed E-state index contributed by atoms with van der Waals surface area (Å²) in [6.07, 6.45) is -6.03. The van der Waals surface area contributed by atoms with Gasteiger partial charge in [0.1, 0.15) is 11.6 Å². The first-order valence-electron chi connectivity index (χ1n) is 7.69. The lowest BCUT2D eigenvalue weighted by atomic mass is 10.1. The number of benzene rings is 2. The van der Waals surface area contributed by atoms with Crippen molar-refractivity contribution in [2.45, 2.75) is 26.3 Å². The molecule has 2 rings (SSSR count). The van der Waals surface area contributed by atoms with Crippen LogP contribution in [0.4, 0.5) is 23.2 Å². The summed E-state index contributed by atoms with van der Waals surface area (Å²) in [5, 5.41) is 2.38. The van der Waals surface area contributed by atoms with Gasteiger partial charge in [0.2, 0.25) is 0 Å². The van der Waals surface area contributed by atoms with Crippen LogP contribution in [0.5, 0.6) is 5.75 Å². The van der Waals surface area contributed by atoms with E-state index in [9.17, 15) is 27.2 Å². The van der Waals surface area contributed by atoms with Crippen molar-refractivity contribution in [3.63, 3.8) is 0 Å². The molecule has 2 aromatic rings. The largest absolute Gasteiger partial charge is 0.573 e. The Kier molecular flexibility index (Phi) is 6.04. The average Bonchev–Trinajstić information content (AvgIpc) is 2.57. The Balaban J connectivity index is 1.94. The molecule has 0 fully saturated rings. The lowest BCUT2D eigenvalue weighted by molar-refractivity contribution is -0.274. The minimum Gasteiger partial charge on any atom is -0.449 e. The SMILES string of the molecule is Cc1ccc(C(=O)O[C@H](C)C(=O)Nc2ccc(OC(F)(F)F)cc2)cc1F. The second-order valence-corrected chi connectivity index (χ2v) is 5.57. The third-order valence-corrected chi connectivity index (χ3v) is 3.42. The molecule has 27 heavy (non-hydrogen) atoms. The summed E-state index contributed by atoms with van der Waals surface area (Å²) in [7, 11) is 0. The van der Waals surface area contributed by atoms with Crippen LogP contribution in [0.15, 0.2) is 42.5 Å². The molecule has 144 valence electrons. The maximum atomic E-state index is 13.5. The highest BCUT2D eigenvalue weighted by Gasteiger charge is 2.31. The number of alkyl halides is 3. The van der Waals surface area contributed by atoms with Crippen LogP contribution in [0.2, 0.25) is 0 Å². The molecule has 5 nitrogen and oxygen atoms in total. The van der Waals surface area contributed by atoms with Gasteiger partial charge < -0.3 is 14.8 Å². The Morgan fingerprint density at radius 1 is 1.07 bits per heavy atom. The van der Waals surface area contributed by atoms with Gasteiger partial charge in [-0.3, -0.25) is 4.79 Å². The number of amides is 1. The van der Waals surface area contributed by atoms with Crippen molar-refractivity contribution in [1.82, 2.24) is 0 Å². The van der Waals surface area contributed by atoms with Crippen molar-refractivity contribution in [1.29, 1.82) is 0 Å². The normalized spacial score (nSPS) is 12.2. The number of nitrogens with one attached hydrogen (secondary N) is 1. The summed E-state index contributed by atoms with van der Waals surface area (Å²) in [4.78, 5) is 24.0. The number of rotatable bonds is 5. The zero-order valence-electron chi connectivity index (χ0n) is 14.3. The Morgan fingerprint density at radius 3 is 2.26 bits per heavy atom. The number of aryl methyl sites for hydroxylation is 1. The highest BCUT2D eigenvalue weighted by atomic mass is 19.4. The fourth-order valence-electron chi connectivity index (χ4n) is 1.99. The van der Waals surface area contributed by atoms with E-state index in [2.05, 4.69) is 10.1 Å². The van der Waals surface area contributed by atoms with Gasteiger partial charge in [0, 0.05) is 5.69 Å². The Bertz CT molecular complexity index is 834. The quantitative estimate of drug-likeness (QED) is 0.618. The molecule has 1 amide bonds. The molecule has 0 aliphatic heterocycles. The van der Waals surface area contributed by atoms with E-state index in [0.29, 0.717) is 5.56 Å². The minimum atomic E-state index is -4.82. The summed E-state index contributed by atoms with van der Waals surface area (Å²) in [6.45, 7) is 2.84. The first-order chi connectivity index (χ1) is 12.5. The number of hydrogen-bond acceptors (Lipinski definition) is 4. The Morgan fingerprint density at radius 2 is 1.70 bits per heavy atom. The van der Waals surface area contributed by atoms with E-state index in [-0.39, 0.29) is 11.3 Å². The molecule has 0 radical (unpaired) electrons. The van der Waals surface area contributed by atoms with E-state index in [1.807, 2.05) is 0 Å². The molecule has 2 aromatic carbocycles. The van der Waals surface area contributed by atoms with Gasteiger partial charge >= 0.3 is 12.3 Å². The Labute approximate surface area is 151 Å². The topological polar surface area (TPSA) is 64.6 Å².